The van der Waals surface area contributed by atoms with Gasteiger partial charge in [0.15, 0.2) is 11.5 Å². The zero-order valence-electron chi connectivity index (χ0n) is 16.7. The molecule has 11 heteroatoms. The summed E-state index contributed by atoms with van der Waals surface area (Å²) in [7, 11) is 4.22. The summed E-state index contributed by atoms with van der Waals surface area (Å²) in [4.78, 5) is 12.2. The van der Waals surface area contributed by atoms with E-state index in [9.17, 15) is 31.1 Å². The Balaban J connectivity index is 2.20. The minimum atomic E-state index is -5.00. The first-order valence-electron chi connectivity index (χ1n) is 8.77. The molecule has 5 nitrogen and oxygen atoms in total. The molecular formula is C20H19F6NO4. The maximum atomic E-state index is 12.9. The highest BCUT2D eigenvalue weighted by Gasteiger charge is 2.37. The van der Waals surface area contributed by atoms with Crippen molar-refractivity contribution in [1.82, 2.24) is 0 Å². The van der Waals surface area contributed by atoms with E-state index in [1.54, 1.807) is 12.1 Å². The van der Waals surface area contributed by atoms with Crippen molar-refractivity contribution in [2.24, 2.45) is 0 Å². The molecule has 1 amide bonds. The molecule has 1 N–H and O–H groups in total. The van der Waals surface area contributed by atoms with Gasteiger partial charge in [0, 0.05) is 12.1 Å². The second-order valence-corrected chi connectivity index (χ2v) is 6.38. The normalized spacial score (nSPS) is 11.8. The Labute approximate surface area is 173 Å². The number of alkyl halides is 6. The summed E-state index contributed by atoms with van der Waals surface area (Å²) in [5, 5.41) is 2.09. The number of nitrogens with one attached hydrogen (secondary N) is 1. The smallest absolute Gasteiger partial charge is 0.416 e. The lowest BCUT2D eigenvalue weighted by Gasteiger charge is -2.15. The molecule has 2 aromatic rings. The Morgan fingerprint density at radius 3 is 1.68 bits per heavy atom. The number of aryl methyl sites for hydroxylation is 1. The molecule has 0 bridgehead atoms. The van der Waals surface area contributed by atoms with Crippen LogP contribution >= 0.6 is 0 Å². The molecule has 0 aliphatic carbocycles. The number of halogens is 6. The summed E-state index contributed by atoms with van der Waals surface area (Å²) in [6.45, 7) is 0. The van der Waals surface area contributed by atoms with E-state index in [-0.39, 0.29) is 18.9 Å². The van der Waals surface area contributed by atoms with Gasteiger partial charge in [0.05, 0.1) is 32.5 Å². The number of ether oxygens (including phenoxy) is 3. The fourth-order valence-corrected chi connectivity index (χ4v) is 2.79. The number of hydrogen-bond acceptors (Lipinski definition) is 4. The highest BCUT2D eigenvalue weighted by Crippen LogP contribution is 2.39. The number of carbonyl (C=O) groups excluding carboxylic acids is 1. The van der Waals surface area contributed by atoms with Crippen LogP contribution in [0.15, 0.2) is 30.3 Å². The van der Waals surface area contributed by atoms with Gasteiger partial charge in [-0.1, -0.05) is 0 Å². The lowest BCUT2D eigenvalue weighted by molar-refractivity contribution is -0.143. The topological polar surface area (TPSA) is 56.8 Å². The van der Waals surface area contributed by atoms with Crippen LogP contribution in [-0.4, -0.2) is 27.2 Å². The van der Waals surface area contributed by atoms with Crippen molar-refractivity contribution in [3.8, 4) is 17.2 Å². The number of hydrogen-bond donors (Lipinski definition) is 1. The Hall–Kier alpha value is -3.11. The molecule has 0 aliphatic rings. The third kappa shape index (κ3) is 6.19. The Morgan fingerprint density at radius 1 is 0.806 bits per heavy atom. The number of benzene rings is 2. The van der Waals surface area contributed by atoms with Gasteiger partial charge in [0.1, 0.15) is 0 Å². The maximum absolute atomic E-state index is 12.9. The average Bonchev–Trinajstić information content (AvgIpc) is 2.69. The number of amides is 1. The number of carbonyl (C=O) groups is 1. The molecular weight excluding hydrogens is 432 g/mol. The molecule has 0 heterocycles. The molecule has 0 radical (unpaired) electrons. The quantitative estimate of drug-likeness (QED) is 0.579. The van der Waals surface area contributed by atoms with Gasteiger partial charge in [-0.2, -0.15) is 26.3 Å². The van der Waals surface area contributed by atoms with E-state index in [4.69, 9.17) is 14.2 Å². The molecule has 31 heavy (non-hydrogen) atoms. The van der Waals surface area contributed by atoms with Crippen LogP contribution in [0.5, 0.6) is 17.2 Å². The highest BCUT2D eigenvalue weighted by atomic mass is 19.4. The molecule has 0 fully saturated rings. The fourth-order valence-electron chi connectivity index (χ4n) is 2.79. The standard InChI is InChI=1S/C20H19F6NO4/c1-29-15-6-11(7-16(30-2)18(15)31-3)4-5-17(28)27-14-9-12(19(21,22)23)8-13(10-14)20(24,25)26/h6-10H,4-5H2,1-3H3,(H,27,28). The minimum Gasteiger partial charge on any atom is -0.493 e. The minimum absolute atomic E-state index is 0.00837. The fraction of sp³-hybridized carbons (Fsp3) is 0.350. The maximum Gasteiger partial charge on any atom is 0.416 e. The van der Waals surface area contributed by atoms with Gasteiger partial charge in [-0.15, -0.1) is 0 Å². The summed E-state index contributed by atoms with van der Waals surface area (Å²) in [5.41, 5.74) is -3.04. The van der Waals surface area contributed by atoms with Crippen LogP contribution in [0.3, 0.4) is 0 Å². The van der Waals surface area contributed by atoms with Crippen molar-refractivity contribution in [1.29, 1.82) is 0 Å². The molecule has 0 aromatic heterocycles. The van der Waals surface area contributed by atoms with Crippen molar-refractivity contribution >= 4 is 11.6 Å². The van der Waals surface area contributed by atoms with Crippen molar-refractivity contribution in [2.75, 3.05) is 26.6 Å². The first kappa shape index (κ1) is 24.2. The van der Waals surface area contributed by atoms with E-state index >= 15 is 0 Å². The summed E-state index contributed by atoms with van der Waals surface area (Å²) >= 11 is 0. The van der Waals surface area contributed by atoms with E-state index < -0.39 is 35.1 Å². The van der Waals surface area contributed by atoms with Crippen molar-refractivity contribution in [3.05, 3.63) is 47.0 Å². The third-order valence-corrected chi connectivity index (χ3v) is 4.24. The summed E-state index contributed by atoms with van der Waals surface area (Å²) in [6, 6.07) is 4.06. The van der Waals surface area contributed by atoms with Gasteiger partial charge >= 0.3 is 12.4 Å². The zero-order chi connectivity index (χ0) is 23.4. The molecule has 0 spiro atoms. The van der Waals surface area contributed by atoms with Gasteiger partial charge in [-0.25, -0.2) is 0 Å². The van der Waals surface area contributed by atoms with Gasteiger partial charge < -0.3 is 19.5 Å². The molecule has 0 unspecified atom stereocenters. The van der Waals surface area contributed by atoms with Crippen LogP contribution in [0.1, 0.15) is 23.1 Å². The van der Waals surface area contributed by atoms with Crippen LogP contribution in [-0.2, 0) is 23.6 Å². The van der Waals surface area contributed by atoms with Gasteiger partial charge in [-0.05, 0) is 42.3 Å². The number of anilines is 1. The monoisotopic (exact) mass is 451 g/mol. The van der Waals surface area contributed by atoms with Crippen LogP contribution < -0.4 is 19.5 Å². The molecule has 0 aliphatic heterocycles. The predicted molar refractivity (Wildman–Crippen MR) is 99.5 cm³/mol. The first-order chi connectivity index (χ1) is 14.4. The lowest BCUT2D eigenvalue weighted by atomic mass is 10.1. The molecule has 0 atom stereocenters. The number of rotatable bonds is 7. The van der Waals surface area contributed by atoms with Gasteiger partial charge in [0.2, 0.25) is 11.7 Å². The Morgan fingerprint density at radius 2 is 1.29 bits per heavy atom. The first-order valence-corrected chi connectivity index (χ1v) is 8.77. The Bertz CT molecular complexity index is 883. The van der Waals surface area contributed by atoms with E-state index in [0.717, 1.165) is 0 Å². The van der Waals surface area contributed by atoms with Crippen molar-refractivity contribution < 1.29 is 45.3 Å². The summed E-state index contributed by atoms with van der Waals surface area (Å²) in [6.07, 6.45) is -10.1. The third-order valence-electron chi connectivity index (χ3n) is 4.24. The van der Waals surface area contributed by atoms with E-state index in [1.165, 1.54) is 21.3 Å². The van der Waals surface area contributed by atoms with Crippen molar-refractivity contribution in [2.45, 2.75) is 25.2 Å². The molecule has 0 saturated heterocycles. The molecule has 0 saturated carbocycles. The van der Waals surface area contributed by atoms with E-state index in [1.807, 2.05) is 0 Å². The van der Waals surface area contributed by atoms with Crippen LogP contribution in [0.2, 0.25) is 0 Å². The molecule has 2 rings (SSSR count). The van der Waals surface area contributed by atoms with Crippen LogP contribution in [0.25, 0.3) is 0 Å². The van der Waals surface area contributed by atoms with Crippen molar-refractivity contribution in [3.63, 3.8) is 0 Å². The SMILES string of the molecule is COc1cc(CCC(=O)Nc2cc(C(F)(F)F)cc(C(F)(F)F)c2)cc(OC)c1OC. The molecule has 170 valence electrons. The van der Waals surface area contributed by atoms with Crippen LogP contribution in [0, 0.1) is 0 Å². The van der Waals surface area contributed by atoms with E-state index in [0.29, 0.717) is 34.9 Å². The molecule has 2 aromatic carbocycles. The average molecular weight is 451 g/mol. The van der Waals surface area contributed by atoms with Gasteiger partial charge in [0.25, 0.3) is 0 Å². The second kappa shape index (κ2) is 9.36. The summed E-state index contributed by atoms with van der Waals surface area (Å²) in [5.74, 6) is 0.248. The Kier molecular flexibility index (Phi) is 7.29. The largest absolute Gasteiger partial charge is 0.493 e. The number of methoxy groups -OCH3 is 3. The highest BCUT2D eigenvalue weighted by molar-refractivity contribution is 5.91. The lowest BCUT2D eigenvalue weighted by Crippen LogP contribution is -2.16. The predicted octanol–water partition coefficient (Wildman–Crippen LogP) is 5.32. The second-order valence-electron chi connectivity index (χ2n) is 6.38. The van der Waals surface area contributed by atoms with Gasteiger partial charge in [-0.3, -0.25) is 4.79 Å². The zero-order valence-corrected chi connectivity index (χ0v) is 16.7. The van der Waals surface area contributed by atoms with E-state index in [2.05, 4.69) is 5.32 Å². The van der Waals surface area contributed by atoms with Crippen LogP contribution in [0.4, 0.5) is 32.0 Å². The summed E-state index contributed by atoms with van der Waals surface area (Å²) < 4.78 is 93.2.